The van der Waals surface area contributed by atoms with Gasteiger partial charge in [-0.2, -0.15) is 0 Å². The van der Waals surface area contributed by atoms with Crippen molar-refractivity contribution in [2.45, 2.75) is 78.1 Å². The van der Waals surface area contributed by atoms with Crippen molar-refractivity contribution in [3.05, 3.63) is 0 Å². The number of quaternary nitrogens is 1. The minimum atomic E-state index is 0. The molecule has 106 valence electrons. The van der Waals surface area contributed by atoms with Crippen molar-refractivity contribution in [3.63, 3.8) is 0 Å². The number of rotatable bonds is 12. The summed E-state index contributed by atoms with van der Waals surface area (Å²) in [6.07, 6.45) is 14.2. The van der Waals surface area contributed by atoms with Gasteiger partial charge in [0.2, 0.25) is 0 Å². The molecule has 0 rings (SSSR count). The third-order valence-electron chi connectivity index (χ3n) is 3.41. The van der Waals surface area contributed by atoms with Crippen LogP contribution in [-0.2, 0) is 0 Å². The Morgan fingerprint density at radius 3 is 1.41 bits per heavy atom. The molecule has 0 bridgehead atoms. The number of nitrogens with one attached hydrogen (secondary N) is 1. The molecule has 0 fully saturated rings. The van der Waals surface area contributed by atoms with E-state index in [1.54, 1.807) is 4.90 Å². The molecule has 0 amide bonds. The van der Waals surface area contributed by atoms with E-state index in [0.717, 1.165) is 0 Å². The van der Waals surface area contributed by atoms with Crippen molar-refractivity contribution in [2.75, 3.05) is 20.1 Å². The van der Waals surface area contributed by atoms with Crippen molar-refractivity contribution in [2.24, 2.45) is 0 Å². The summed E-state index contributed by atoms with van der Waals surface area (Å²) >= 11 is 0. The summed E-state index contributed by atoms with van der Waals surface area (Å²) in [5.74, 6) is 0. The van der Waals surface area contributed by atoms with Gasteiger partial charge in [0.05, 0.1) is 20.1 Å². The maximum absolute atomic E-state index is 2.36. The maximum Gasteiger partial charge on any atom is 0.0768 e. The maximum atomic E-state index is 2.36. The van der Waals surface area contributed by atoms with Gasteiger partial charge in [-0.25, -0.2) is 0 Å². The van der Waals surface area contributed by atoms with E-state index in [2.05, 4.69) is 20.9 Å². The van der Waals surface area contributed by atoms with E-state index in [0.29, 0.717) is 0 Å². The molecule has 2 heteroatoms. The molecule has 0 aliphatic rings. The van der Waals surface area contributed by atoms with E-state index < -0.39 is 0 Å². The van der Waals surface area contributed by atoms with Crippen LogP contribution in [0.3, 0.4) is 0 Å². The van der Waals surface area contributed by atoms with Crippen LogP contribution in [0.4, 0.5) is 0 Å². The number of hydrogen-bond donors (Lipinski definition) is 1. The van der Waals surface area contributed by atoms with Gasteiger partial charge in [-0.1, -0.05) is 52.4 Å². The lowest BCUT2D eigenvalue weighted by Crippen LogP contribution is -3.09. The zero-order valence-corrected chi connectivity index (χ0v) is 13.9. The molecule has 0 aromatic heterocycles. The monoisotopic (exact) mass is 307 g/mol. The molecular formula is C15H34BrN. The summed E-state index contributed by atoms with van der Waals surface area (Å²) in [4.78, 5) is 1.74. The van der Waals surface area contributed by atoms with Gasteiger partial charge in [-0.05, 0) is 25.7 Å². The predicted octanol–water partition coefficient (Wildman–Crippen LogP) is 0.446. The van der Waals surface area contributed by atoms with E-state index in [1.807, 2.05) is 0 Å². The summed E-state index contributed by atoms with van der Waals surface area (Å²) in [6, 6.07) is 0. The van der Waals surface area contributed by atoms with Crippen molar-refractivity contribution in [3.8, 4) is 0 Å². The lowest BCUT2D eigenvalue weighted by atomic mass is 10.1. The number of unbranched alkanes of at least 4 members (excludes halogenated alkanes) is 8. The van der Waals surface area contributed by atoms with Crippen LogP contribution in [0.1, 0.15) is 78.1 Å². The largest absolute Gasteiger partial charge is 1.00 e. The van der Waals surface area contributed by atoms with Crippen LogP contribution < -0.4 is 21.9 Å². The van der Waals surface area contributed by atoms with Crippen molar-refractivity contribution >= 4 is 0 Å². The highest BCUT2D eigenvalue weighted by Crippen LogP contribution is 2.03. The van der Waals surface area contributed by atoms with Gasteiger partial charge in [0.15, 0.2) is 0 Å². The molecule has 0 saturated heterocycles. The molecule has 1 N–H and O–H groups in total. The van der Waals surface area contributed by atoms with E-state index in [-0.39, 0.29) is 17.0 Å². The first-order valence-corrected chi connectivity index (χ1v) is 7.62. The predicted molar refractivity (Wildman–Crippen MR) is 74.1 cm³/mol. The fraction of sp³-hybridized carbons (Fsp3) is 1.00. The van der Waals surface area contributed by atoms with Gasteiger partial charge in [0.25, 0.3) is 0 Å². The van der Waals surface area contributed by atoms with E-state index in [1.165, 1.54) is 77.3 Å². The smallest absolute Gasteiger partial charge is 0.0768 e. The van der Waals surface area contributed by atoms with Gasteiger partial charge >= 0.3 is 0 Å². The quantitative estimate of drug-likeness (QED) is 0.499. The fourth-order valence-electron chi connectivity index (χ4n) is 2.19. The topological polar surface area (TPSA) is 4.44 Å². The highest BCUT2D eigenvalue weighted by Gasteiger charge is 2.00. The molecule has 0 heterocycles. The minimum absolute atomic E-state index is 0. The Morgan fingerprint density at radius 1 is 0.588 bits per heavy atom. The van der Waals surface area contributed by atoms with Gasteiger partial charge in [-0.3, -0.25) is 0 Å². The van der Waals surface area contributed by atoms with Crippen LogP contribution in [0.2, 0.25) is 0 Å². The second-order valence-corrected chi connectivity index (χ2v) is 5.29. The van der Waals surface area contributed by atoms with Crippen LogP contribution in [0.25, 0.3) is 0 Å². The Hall–Kier alpha value is 0.440. The zero-order chi connectivity index (χ0) is 12.1. The Kier molecular flexibility index (Phi) is 19.1. The molecule has 1 unspecified atom stereocenters. The van der Waals surface area contributed by atoms with Crippen LogP contribution in [0.5, 0.6) is 0 Å². The molecule has 0 radical (unpaired) electrons. The summed E-state index contributed by atoms with van der Waals surface area (Å²) < 4.78 is 0. The van der Waals surface area contributed by atoms with Crippen molar-refractivity contribution in [1.29, 1.82) is 0 Å². The molecule has 1 atom stereocenters. The fourth-order valence-corrected chi connectivity index (χ4v) is 2.19. The molecule has 0 aliphatic heterocycles. The van der Waals surface area contributed by atoms with Gasteiger partial charge in [0, 0.05) is 0 Å². The standard InChI is InChI=1S/C15H33N.BrH/c1-4-6-8-10-11-13-15-16(3)14-12-9-7-5-2;/h4-15H2,1-3H3;1H. The van der Waals surface area contributed by atoms with E-state index in [4.69, 9.17) is 0 Å². The van der Waals surface area contributed by atoms with Crippen LogP contribution in [0.15, 0.2) is 0 Å². The molecule has 0 aromatic carbocycles. The molecule has 0 spiro atoms. The third kappa shape index (κ3) is 16.4. The number of hydrogen-bond acceptors (Lipinski definition) is 0. The van der Waals surface area contributed by atoms with Crippen molar-refractivity contribution < 1.29 is 21.9 Å². The second kappa shape index (κ2) is 16.4. The highest BCUT2D eigenvalue weighted by atomic mass is 79.9. The Bertz CT molecular complexity index is 128. The average Bonchev–Trinajstić information content (AvgIpc) is 2.29. The minimum Gasteiger partial charge on any atom is -1.00 e. The Morgan fingerprint density at radius 2 is 0.941 bits per heavy atom. The third-order valence-corrected chi connectivity index (χ3v) is 3.41. The molecule has 0 saturated carbocycles. The molecule has 17 heavy (non-hydrogen) atoms. The molecule has 0 aliphatic carbocycles. The first-order valence-electron chi connectivity index (χ1n) is 7.62. The molecular weight excluding hydrogens is 274 g/mol. The van der Waals surface area contributed by atoms with Gasteiger partial charge in [0.1, 0.15) is 0 Å². The van der Waals surface area contributed by atoms with Crippen LogP contribution in [-0.4, -0.2) is 20.1 Å². The summed E-state index contributed by atoms with van der Waals surface area (Å²) in [6.45, 7) is 7.34. The van der Waals surface area contributed by atoms with Crippen LogP contribution >= 0.6 is 0 Å². The average molecular weight is 308 g/mol. The lowest BCUT2D eigenvalue weighted by Gasteiger charge is -2.13. The summed E-state index contributed by atoms with van der Waals surface area (Å²) in [7, 11) is 2.36. The van der Waals surface area contributed by atoms with Crippen molar-refractivity contribution in [1.82, 2.24) is 0 Å². The molecule has 1 nitrogen and oxygen atoms in total. The van der Waals surface area contributed by atoms with E-state index in [9.17, 15) is 0 Å². The Balaban J connectivity index is 0. The number of halogens is 1. The summed E-state index contributed by atoms with van der Waals surface area (Å²) in [5, 5.41) is 0. The second-order valence-electron chi connectivity index (χ2n) is 5.29. The lowest BCUT2D eigenvalue weighted by molar-refractivity contribution is -0.880. The SMILES string of the molecule is CCCCCCCC[NH+](C)CCCCCC.[Br-]. The van der Waals surface area contributed by atoms with Gasteiger partial charge in [-0.15, -0.1) is 0 Å². The first-order chi connectivity index (χ1) is 7.81. The molecule has 0 aromatic rings. The van der Waals surface area contributed by atoms with Crippen LogP contribution in [0, 0.1) is 0 Å². The highest BCUT2D eigenvalue weighted by molar-refractivity contribution is 4.43. The Labute approximate surface area is 120 Å². The zero-order valence-electron chi connectivity index (χ0n) is 12.4. The van der Waals surface area contributed by atoms with Gasteiger partial charge < -0.3 is 21.9 Å². The normalized spacial score (nSPS) is 12.2. The first kappa shape index (κ1) is 19.8. The summed E-state index contributed by atoms with van der Waals surface area (Å²) in [5.41, 5.74) is 0. The van der Waals surface area contributed by atoms with E-state index >= 15 is 0 Å².